The molecule has 5 nitrogen and oxygen atoms in total. The molecule has 0 saturated carbocycles. The number of benzene rings is 5. The van der Waals surface area contributed by atoms with E-state index in [-0.39, 0.29) is 11.4 Å². The van der Waals surface area contributed by atoms with E-state index in [0.29, 0.717) is 11.0 Å². The standard InChI is InChI=1S/C30H15N5/c31-16-23-24(17-32)34-30-22-14-15-26-28(27(22)19-10-4-5-11-20(19)29(30)33-23)21-12-6-7-13-25(21)35(26)18-8-2-1-3-9-18/h1-15H. The zero-order valence-electron chi connectivity index (χ0n) is 18.4. The van der Waals surface area contributed by atoms with E-state index in [0.717, 1.165) is 49.0 Å². The van der Waals surface area contributed by atoms with Gasteiger partial charge in [-0.3, -0.25) is 0 Å². The molecule has 0 bridgehead atoms. The molecule has 2 heterocycles. The molecule has 7 rings (SSSR count). The minimum absolute atomic E-state index is 0.0448. The van der Waals surface area contributed by atoms with E-state index in [1.807, 2.05) is 48.5 Å². The molecular weight excluding hydrogens is 430 g/mol. The van der Waals surface area contributed by atoms with Gasteiger partial charge in [0.1, 0.15) is 12.1 Å². The molecule has 0 aliphatic rings. The smallest absolute Gasteiger partial charge is 0.177 e. The molecule has 5 heteroatoms. The highest BCUT2D eigenvalue weighted by molar-refractivity contribution is 6.34. The highest BCUT2D eigenvalue weighted by atomic mass is 15.0. The Morgan fingerprint density at radius 3 is 1.83 bits per heavy atom. The van der Waals surface area contributed by atoms with Crippen LogP contribution in [-0.4, -0.2) is 14.5 Å². The number of aromatic nitrogens is 3. The van der Waals surface area contributed by atoms with Gasteiger partial charge < -0.3 is 4.57 Å². The van der Waals surface area contributed by atoms with Crippen LogP contribution in [0.4, 0.5) is 0 Å². The Hall–Kier alpha value is -5.26. The number of hydrogen-bond donors (Lipinski definition) is 0. The molecule has 35 heavy (non-hydrogen) atoms. The lowest BCUT2D eigenvalue weighted by Gasteiger charge is -2.12. The summed E-state index contributed by atoms with van der Waals surface area (Å²) in [5, 5.41) is 25.4. The van der Waals surface area contributed by atoms with Crippen molar-refractivity contribution in [1.82, 2.24) is 14.5 Å². The van der Waals surface area contributed by atoms with Crippen LogP contribution in [0.15, 0.2) is 91.0 Å². The van der Waals surface area contributed by atoms with E-state index in [2.05, 4.69) is 69.1 Å². The summed E-state index contributed by atoms with van der Waals surface area (Å²) in [6.45, 7) is 0. The predicted octanol–water partition coefficient (Wildman–Crippen LogP) is 6.78. The first-order valence-electron chi connectivity index (χ1n) is 11.2. The number of hydrogen-bond acceptors (Lipinski definition) is 4. The third-order valence-electron chi connectivity index (χ3n) is 6.67. The maximum atomic E-state index is 9.63. The molecule has 0 fully saturated rings. The Morgan fingerprint density at radius 2 is 1.11 bits per heavy atom. The average Bonchev–Trinajstić information content (AvgIpc) is 3.27. The zero-order chi connectivity index (χ0) is 23.5. The highest BCUT2D eigenvalue weighted by Gasteiger charge is 2.20. The number of para-hydroxylation sites is 2. The molecule has 160 valence electrons. The van der Waals surface area contributed by atoms with Crippen LogP contribution in [0, 0.1) is 22.7 Å². The van der Waals surface area contributed by atoms with Gasteiger partial charge in [0.15, 0.2) is 11.4 Å². The summed E-state index contributed by atoms with van der Waals surface area (Å²) in [4.78, 5) is 9.23. The molecular formula is C30H15N5. The second-order valence-electron chi connectivity index (χ2n) is 8.46. The van der Waals surface area contributed by atoms with Crippen molar-refractivity contribution in [2.75, 3.05) is 0 Å². The molecule has 2 aromatic heterocycles. The molecule has 0 unspecified atom stereocenters. The summed E-state index contributed by atoms with van der Waals surface area (Å²) >= 11 is 0. The summed E-state index contributed by atoms with van der Waals surface area (Å²) < 4.78 is 2.29. The van der Waals surface area contributed by atoms with Gasteiger partial charge in [0.05, 0.1) is 22.1 Å². The largest absolute Gasteiger partial charge is 0.309 e. The van der Waals surface area contributed by atoms with Gasteiger partial charge in [-0.2, -0.15) is 10.5 Å². The van der Waals surface area contributed by atoms with Crippen molar-refractivity contribution < 1.29 is 0 Å². The van der Waals surface area contributed by atoms with Gasteiger partial charge in [-0.05, 0) is 35.7 Å². The topological polar surface area (TPSA) is 78.3 Å². The molecule has 5 aromatic carbocycles. The minimum Gasteiger partial charge on any atom is -0.309 e. The second-order valence-corrected chi connectivity index (χ2v) is 8.46. The van der Waals surface area contributed by atoms with E-state index < -0.39 is 0 Å². The van der Waals surface area contributed by atoms with E-state index in [1.54, 1.807) is 0 Å². The van der Waals surface area contributed by atoms with Crippen molar-refractivity contribution in [3.05, 3.63) is 102 Å². The van der Waals surface area contributed by atoms with E-state index >= 15 is 0 Å². The van der Waals surface area contributed by atoms with Gasteiger partial charge in [0.2, 0.25) is 0 Å². The Bertz CT molecular complexity index is 2070. The van der Waals surface area contributed by atoms with E-state index in [4.69, 9.17) is 0 Å². The van der Waals surface area contributed by atoms with Crippen LogP contribution in [0.3, 0.4) is 0 Å². The Labute approximate surface area is 199 Å². The quantitative estimate of drug-likeness (QED) is 0.261. The normalized spacial score (nSPS) is 11.4. The van der Waals surface area contributed by atoms with Crippen molar-refractivity contribution >= 4 is 54.4 Å². The molecule has 0 spiro atoms. The first-order chi connectivity index (χ1) is 17.3. The summed E-state index contributed by atoms with van der Waals surface area (Å²) in [6, 6.07) is 35.1. The second kappa shape index (κ2) is 7.12. The van der Waals surface area contributed by atoms with Crippen molar-refractivity contribution in [3.8, 4) is 17.8 Å². The van der Waals surface area contributed by atoms with Crippen LogP contribution in [0.5, 0.6) is 0 Å². The fourth-order valence-electron chi connectivity index (χ4n) is 5.27. The Morgan fingerprint density at radius 1 is 0.514 bits per heavy atom. The van der Waals surface area contributed by atoms with Crippen molar-refractivity contribution in [2.24, 2.45) is 0 Å². The minimum atomic E-state index is 0.0448. The third kappa shape index (κ3) is 2.55. The average molecular weight is 445 g/mol. The fraction of sp³-hybridized carbons (Fsp3) is 0. The molecule has 0 aliphatic carbocycles. The van der Waals surface area contributed by atoms with Gasteiger partial charge in [-0.1, -0.05) is 60.7 Å². The van der Waals surface area contributed by atoms with Gasteiger partial charge in [-0.25, -0.2) is 9.97 Å². The maximum Gasteiger partial charge on any atom is 0.177 e. The first-order valence-corrected chi connectivity index (χ1v) is 11.2. The molecule has 7 aromatic rings. The van der Waals surface area contributed by atoms with Crippen molar-refractivity contribution in [1.29, 1.82) is 10.5 Å². The number of nitriles is 2. The van der Waals surface area contributed by atoms with Crippen LogP contribution < -0.4 is 0 Å². The van der Waals surface area contributed by atoms with Crippen molar-refractivity contribution in [2.45, 2.75) is 0 Å². The monoisotopic (exact) mass is 445 g/mol. The lowest BCUT2D eigenvalue weighted by atomic mass is 9.95. The maximum absolute atomic E-state index is 9.63. The van der Waals surface area contributed by atoms with Gasteiger partial charge in [0, 0.05) is 32.6 Å². The molecule has 0 saturated heterocycles. The van der Waals surface area contributed by atoms with Crippen LogP contribution in [0.25, 0.3) is 60.1 Å². The SMILES string of the molecule is N#Cc1nc2c3ccccc3c3c(ccc4c3c3ccccc3n4-c3ccccc3)c2nc1C#N. The van der Waals surface area contributed by atoms with E-state index in [9.17, 15) is 10.5 Å². The van der Waals surface area contributed by atoms with Gasteiger partial charge in [0.25, 0.3) is 0 Å². The lowest BCUT2D eigenvalue weighted by Crippen LogP contribution is -1.98. The molecule has 0 atom stereocenters. The lowest BCUT2D eigenvalue weighted by molar-refractivity contribution is 1.18. The number of rotatable bonds is 1. The fourth-order valence-corrected chi connectivity index (χ4v) is 5.27. The van der Waals surface area contributed by atoms with Crippen LogP contribution in [0.1, 0.15) is 11.4 Å². The number of fused-ring (bicyclic) bond motifs is 10. The van der Waals surface area contributed by atoms with E-state index in [1.165, 1.54) is 0 Å². The summed E-state index contributed by atoms with van der Waals surface area (Å²) in [5.74, 6) is 0. The summed E-state index contributed by atoms with van der Waals surface area (Å²) in [7, 11) is 0. The third-order valence-corrected chi connectivity index (χ3v) is 6.67. The van der Waals surface area contributed by atoms with Gasteiger partial charge >= 0.3 is 0 Å². The molecule has 0 amide bonds. The predicted molar refractivity (Wildman–Crippen MR) is 138 cm³/mol. The molecule has 0 N–H and O–H groups in total. The highest BCUT2D eigenvalue weighted by Crippen LogP contribution is 2.42. The van der Waals surface area contributed by atoms with Crippen LogP contribution >= 0.6 is 0 Å². The summed E-state index contributed by atoms with van der Waals surface area (Å²) in [5.41, 5.74) is 4.66. The summed E-state index contributed by atoms with van der Waals surface area (Å²) in [6.07, 6.45) is 0. The molecule has 0 radical (unpaired) electrons. The first kappa shape index (κ1) is 19.2. The van der Waals surface area contributed by atoms with Crippen LogP contribution in [-0.2, 0) is 0 Å². The Balaban J connectivity index is 1.80. The van der Waals surface area contributed by atoms with Crippen molar-refractivity contribution in [3.63, 3.8) is 0 Å². The van der Waals surface area contributed by atoms with Gasteiger partial charge in [-0.15, -0.1) is 0 Å². The van der Waals surface area contributed by atoms with Crippen LogP contribution in [0.2, 0.25) is 0 Å². The Kier molecular flexibility index (Phi) is 3.91. The molecule has 0 aliphatic heterocycles. The number of nitrogens with zero attached hydrogens (tertiary/aromatic N) is 5. The zero-order valence-corrected chi connectivity index (χ0v) is 18.4.